The van der Waals surface area contributed by atoms with Crippen molar-refractivity contribution in [2.24, 2.45) is 0 Å². The van der Waals surface area contributed by atoms with E-state index in [4.69, 9.17) is 11.6 Å². The predicted molar refractivity (Wildman–Crippen MR) is 71.1 cm³/mol. The maximum Gasteiger partial charge on any atom is 0.387 e. The molecule has 0 bridgehead atoms. The van der Waals surface area contributed by atoms with Gasteiger partial charge in [0.25, 0.3) is 0 Å². The van der Waals surface area contributed by atoms with E-state index >= 15 is 0 Å². The van der Waals surface area contributed by atoms with E-state index in [0.29, 0.717) is 16.3 Å². The zero-order chi connectivity index (χ0) is 13.8. The highest BCUT2D eigenvalue weighted by atomic mass is 35.5. The Balaban J connectivity index is 2.01. The van der Waals surface area contributed by atoms with Crippen molar-refractivity contribution < 1.29 is 18.6 Å². The van der Waals surface area contributed by atoms with Crippen LogP contribution >= 0.6 is 22.9 Å². The standard InChI is InChI=1S/C13H11ClF2O2S/c14-12-6-5-10(19-12)7-11(17)8-1-3-9(4-2-8)18-13(15)16/h1-6,11,13,17H,7H2. The third kappa shape index (κ3) is 4.16. The normalized spacial score (nSPS) is 12.7. The molecule has 0 saturated carbocycles. The van der Waals surface area contributed by atoms with Gasteiger partial charge in [-0.3, -0.25) is 0 Å². The first-order chi connectivity index (χ1) is 9.04. The zero-order valence-corrected chi connectivity index (χ0v) is 11.3. The van der Waals surface area contributed by atoms with Crippen LogP contribution in [0.15, 0.2) is 36.4 Å². The first-order valence-corrected chi connectivity index (χ1v) is 6.71. The molecule has 1 heterocycles. The van der Waals surface area contributed by atoms with Crippen molar-refractivity contribution in [2.75, 3.05) is 0 Å². The summed E-state index contributed by atoms with van der Waals surface area (Å²) in [6, 6.07) is 9.58. The number of rotatable bonds is 5. The maximum atomic E-state index is 12.0. The van der Waals surface area contributed by atoms with Gasteiger partial charge in [-0.2, -0.15) is 8.78 Å². The first kappa shape index (κ1) is 14.2. The number of ether oxygens (including phenoxy) is 1. The third-order valence-electron chi connectivity index (χ3n) is 2.51. The summed E-state index contributed by atoms with van der Waals surface area (Å²) in [6.07, 6.45) is -0.262. The van der Waals surface area contributed by atoms with Gasteiger partial charge in [0.2, 0.25) is 0 Å². The second-order valence-electron chi connectivity index (χ2n) is 3.87. The van der Waals surface area contributed by atoms with E-state index in [-0.39, 0.29) is 5.75 Å². The summed E-state index contributed by atoms with van der Waals surface area (Å²) < 4.78 is 28.9. The molecular formula is C13H11ClF2O2S. The molecule has 2 aromatic rings. The van der Waals surface area contributed by atoms with E-state index in [1.165, 1.54) is 23.5 Å². The van der Waals surface area contributed by atoms with Crippen LogP contribution in [-0.2, 0) is 6.42 Å². The van der Waals surface area contributed by atoms with Crippen molar-refractivity contribution >= 4 is 22.9 Å². The minimum atomic E-state index is -2.84. The van der Waals surface area contributed by atoms with Crippen LogP contribution in [0.1, 0.15) is 16.5 Å². The molecule has 102 valence electrons. The molecule has 1 aromatic heterocycles. The van der Waals surface area contributed by atoms with Gasteiger partial charge in [0.15, 0.2) is 0 Å². The molecule has 0 aliphatic carbocycles. The largest absolute Gasteiger partial charge is 0.435 e. The Morgan fingerprint density at radius 2 is 1.84 bits per heavy atom. The molecule has 2 rings (SSSR count). The molecule has 0 amide bonds. The van der Waals surface area contributed by atoms with E-state index in [1.807, 2.05) is 6.07 Å². The van der Waals surface area contributed by atoms with Gasteiger partial charge in [-0.05, 0) is 29.8 Å². The van der Waals surface area contributed by atoms with Gasteiger partial charge >= 0.3 is 6.61 Å². The molecule has 0 aliphatic rings. The van der Waals surface area contributed by atoms with Crippen molar-refractivity contribution in [3.63, 3.8) is 0 Å². The van der Waals surface area contributed by atoms with Crippen LogP contribution in [0, 0.1) is 0 Å². The van der Waals surface area contributed by atoms with Crippen molar-refractivity contribution in [2.45, 2.75) is 19.1 Å². The SMILES string of the molecule is OC(Cc1ccc(Cl)s1)c1ccc(OC(F)F)cc1. The second-order valence-corrected chi connectivity index (χ2v) is 5.67. The predicted octanol–water partition coefficient (Wildman–Crippen LogP) is 4.28. The van der Waals surface area contributed by atoms with Gasteiger partial charge in [0, 0.05) is 11.3 Å². The summed E-state index contributed by atoms with van der Waals surface area (Å²) in [6.45, 7) is -2.84. The monoisotopic (exact) mass is 304 g/mol. The summed E-state index contributed by atoms with van der Waals surface area (Å²) >= 11 is 7.21. The molecule has 1 aromatic carbocycles. The van der Waals surface area contributed by atoms with Crippen LogP contribution in [0.5, 0.6) is 5.75 Å². The Morgan fingerprint density at radius 3 is 2.37 bits per heavy atom. The zero-order valence-electron chi connectivity index (χ0n) is 9.72. The number of aliphatic hydroxyl groups excluding tert-OH is 1. The maximum absolute atomic E-state index is 12.0. The molecule has 2 nitrogen and oxygen atoms in total. The number of alkyl halides is 2. The smallest absolute Gasteiger partial charge is 0.387 e. The van der Waals surface area contributed by atoms with Gasteiger partial charge in [0.05, 0.1) is 10.4 Å². The van der Waals surface area contributed by atoms with Crippen molar-refractivity contribution in [1.29, 1.82) is 0 Å². The fraction of sp³-hybridized carbons (Fsp3) is 0.231. The highest BCUT2D eigenvalue weighted by Crippen LogP contribution is 2.27. The molecule has 1 unspecified atom stereocenters. The number of thiophene rings is 1. The summed E-state index contributed by atoms with van der Waals surface area (Å²) in [5.74, 6) is 0.0742. The van der Waals surface area contributed by atoms with Gasteiger partial charge < -0.3 is 9.84 Å². The molecular weight excluding hydrogens is 294 g/mol. The summed E-state index contributed by atoms with van der Waals surface area (Å²) in [7, 11) is 0. The molecule has 0 saturated heterocycles. The molecule has 0 fully saturated rings. The Hall–Kier alpha value is -1.17. The number of halogens is 3. The lowest BCUT2D eigenvalue weighted by Gasteiger charge is -2.11. The van der Waals surface area contributed by atoms with Crippen molar-refractivity contribution in [3.8, 4) is 5.75 Å². The van der Waals surface area contributed by atoms with Gasteiger partial charge in [-0.15, -0.1) is 11.3 Å². The first-order valence-electron chi connectivity index (χ1n) is 5.51. The fourth-order valence-electron chi connectivity index (χ4n) is 1.64. The van der Waals surface area contributed by atoms with Gasteiger partial charge in [0.1, 0.15) is 5.75 Å². The third-order valence-corrected chi connectivity index (χ3v) is 3.77. The minimum absolute atomic E-state index is 0.0742. The lowest BCUT2D eigenvalue weighted by molar-refractivity contribution is -0.0498. The number of aliphatic hydroxyl groups is 1. The summed E-state index contributed by atoms with van der Waals surface area (Å²) in [4.78, 5) is 0.963. The van der Waals surface area contributed by atoms with Gasteiger partial charge in [-0.1, -0.05) is 23.7 Å². The van der Waals surface area contributed by atoms with Crippen molar-refractivity contribution in [1.82, 2.24) is 0 Å². The Kier molecular flexibility index (Phi) is 4.74. The van der Waals surface area contributed by atoms with Gasteiger partial charge in [-0.25, -0.2) is 0 Å². The highest BCUT2D eigenvalue weighted by Gasteiger charge is 2.11. The highest BCUT2D eigenvalue weighted by molar-refractivity contribution is 7.16. The van der Waals surface area contributed by atoms with E-state index in [0.717, 1.165) is 4.88 Å². The fourth-order valence-corrected chi connectivity index (χ4v) is 2.77. The molecule has 0 spiro atoms. The lowest BCUT2D eigenvalue weighted by Crippen LogP contribution is -2.03. The topological polar surface area (TPSA) is 29.5 Å². The van der Waals surface area contributed by atoms with E-state index < -0.39 is 12.7 Å². The molecule has 1 N–H and O–H groups in total. The minimum Gasteiger partial charge on any atom is -0.435 e. The average molecular weight is 305 g/mol. The van der Waals surface area contributed by atoms with E-state index in [9.17, 15) is 13.9 Å². The Morgan fingerprint density at radius 1 is 1.16 bits per heavy atom. The van der Waals surface area contributed by atoms with Crippen LogP contribution in [0.4, 0.5) is 8.78 Å². The average Bonchev–Trinajstić information content (AvgIpc) is 2.75. The van der Waals surface area contributed by atoms with E-state index in [1.54, 1.807) is 18.2 Å². The number of hydrogen-bond donors (Lipinski definition) is 1. The van der Waals surface area contributed by atoms with Crippen molar-refractivity contribution in [3.05, 3.63) is 51.2 Å². The Labute approximate surface area is 118 Å². The molecule has 0 aliphatic heterocycles. The lowest BCUT2D eigenvalue weighted by atomic mass is 10.1. The Bertz CT molecular complexity index is 528. The van der Waals surface area contributed by atoms with Crippen LogP contribution in [0.25, 0.3) is 0 Å². The molecule has 1 atom stereocenters. The molecule has 6 heteroatoms. The van der Waals surface area contributed by atoms with Crippen LogP contribution in [-0.4, -0.2) is 11.7 Å². The van der Waals surface area contributed by atoms with Crippen LogP contribution in [0.2, 0.25) is 4.34 Å². The van der Waals surface area contributed by atoms with E-state index in [2.05, 4.69) is 4.74 Å². The van der Waals surface area contributed by atoms with Crippen LogP contribution < -0.4 is 4.74 Å². The summed E-state index contributed by atoms with van der Waals surface area (Å²) in [5, 5.41) is 10.0. The second kappa shape index (κ2) is 6.32. The van der Waals surface area contributed by atoms with Crippen LogP contribution in [0.3, 0.4) is 0 Å². The molecule has 19 heavy (non-hydrogen) atoms. The number of benzene rings is 1. The number of hydrogen-bond acceptors (Lipinski definition) is 3. The quantitative estimate of drug-likeness (QED) is 0.893. The summed E-state index contributed by atoms with van der Waals surface area (Å²) in [5.41, 5.74) is 0.645. The molecule has 0 radical (unpaired) electrons.